The van der Waals surface area contributed by atoms with Gasteiger partial charge in [0.05, 0.1) is 18.8 Å². The number of benzene rings is 1. The number of para-hydroxylation sites is 1. The topological polar surface area (TPSA) is 58.6 Å². The van der Waals surface area contributed by atoms with Gasteiger partial charge in [-0.15, -0.1) is 0 Å². The molecule has 0 unspecified atom stereocenters. The molecular formula is C20H27N5O. The van der Waals surface area contributed by atoms with Gasteiger partial charge >= 0.3 is 0 Å². The molecule has 138 valence electrons. The number of aliphatic imine (C=N–C) groups is 1. The average Bonchev–Trinajstić information content (AvgIpc) is 3.12. The molecule has 0 bridgehead atoms. The van der Waals surface area contributed by atoms with Crippen LogP contribution in [0.2, 0.25) is 0 Å². The lowest BCUT2D eigenvalue weighted by molar-refractivity contribution is 0.412. The first-order chi connectivity index (χ1) is 12.5. The van der Waals surface area contributed by atoms with Gasteiger partial charge in [-0.3, -0.25) is 4.68 Å². The van der Waals surface area contributed by atoms with Crippen molar-refractivity contribution in [2.24, 2.45) is 12.0 Å². The van der Waals surface area contributed by atoms with E-state index in [4.69, 9.17) is 9.41 Å². The first kappa shape index (κ1) is 18.0. The maximum atomic E-state index is 5.93. The molecule has 1 N–H and O–H groups in total. The van der Waals surface area contributed by atoms with Crippen molar-refractivity contribution >= 4 is 16.9 Å². The molecule has 3 aromatic rings. The third-order valence-corrected chi connectivity index (χ3v) is 4.61. The van der Waals surface area contributed by atoms with Crippen molar-refractivity contribution in [3.05, 3.63) is 53.0 Å². The Hall–Kier alpha value is -2.76. The molecule has 0 aliphatic carbocycles. The summed E-state index contributed by atoms with van der Waals surface area (Å²) in [6.07, 6.45) is 0. The van der Waals surface area contributed by atoms with E-state index >= 15 is 0 Å². The molecule has 0 atom stereocenters. The fraction of sp³-hybridized carbons (Fsp3) is 0.400. The van der Waals surface area contributed by atoms with Crippen LogP contribution < -0.4 is 5.32 Å². The standard InChI is InChI=1S/C20H27N5O/c1-6-21-20(22-12-18-14(2)23-25(5)15(18)3)24(4)13-17-11-16-9-7-8-10-19(16)26-17/h7-11H,6,12-13H2,1-5H3,(H,21,22). The molecule has 0 saturated heterocycles. The average molecular weight is 353 g/mol. The van der Waals surface area contributed by atoms with Crippen molar-refractivity contribution in [2.75, 3.05) is 13.6 Å². The van der Waals surface area contributed by atoms with Gasteiger partial charge < -0.3 is 14.6 Å². The second kappa shape index (κ2) is 7.64. The molecule has 0 radical (unpaired) electrons. The molecule has 1 aromatic carbocycles. The Morgan fingerprint density at radius 1 is 1.31 bits per heavy atom. The van der Waals surface area contributed by atoms with E-state index in [2.05, 4.69) is 41.3 Å². The predicted octanol–water partition coefficient (Wildman–Crippen LogP) is 3.38. The van der Waals surface area contributed by atoms with Crippen molar-refractivity contribution in [3.8, 4) is 0 Å². The Kier molecular flexibility index (Phi) is 5.30. The smallest absolute Gasteiger partial charge is 0.194 e. The van der Waals surface area contributed by atoms with Crippen LogP contribution in [0.4, 0.5) is 0 Å². The number of furan rings is 1. The summed E-state index contributed by atoms with van der Waals surface area (Å²) in [5.41, 5.74) is 4.28. The molecule has 2 heterocycles. The molecule has 3 rings (SSSR count). The molecular weight excluding hydrogens is 326 g/mol. The van der Waals surface area contributed by atoms with Gasteiger partial charge in [0.25, 0.3) is 0 Å². The fourth-order valence-electron chi connectivity index (χ4n) is 3.09. The second-order valence-electron chi connectivity index (χ2n) is 6.55. The minimum absolute atomic E-state index is 0.609. The zero-order valence-electron chi connectivity index (χ0n) is 16.2. The Morgan fingerprint density at radius 3 is 2.73 bits per heavy atom. The van der Waals surface area contributed by atoms with Crippen molar-refractivity contribution in [2.45, 2.75) is 33.9 Å². The summed E-state index contributed by atoms with van der Waals surface area (Å²) in [5.74, 6) is 1.78. The zero-order chi connectivity index (χ0) is 18.7. The molecule has 0 aliphatic rings. The van der Waals surface area contributed by atoms with Gasteiger partial charge in [-0.25, -0.2) is 4.99 Å². The Balaban J connectivity index is 1.77. The summed E-state index contributed by atoms with van der Waals surface area (Å²) in [7, 11) is 3.99. The number of nitrogens with one attached hydrogen (secondary N) is 1. The van der Waals surface area contributed by atoms with Crippen molar-refractivity contribution in [1.82, 2.24) is 20.0 Å². The van der Waals surface area contributed by atoms with E-state index < -0.39 is 0 Å². The number of aromatic nitrogens is 2. The summed E-state index contributed by atoms with van der Waals surface area (Å²) in [6.45, 7) is 8.27. The Bertz CT molecular complexity index is 889. The SMILES string of the molecule is CCNC(=NCc1c(C)nn(C)c1C)N(C)Cc1cc2ccccc2o1. The minimum atomic E-state index is 0.609. The minimum Gasteiger partial charge on any atom is -0.459 e. The van der Waals surface area contributed by atoms with Crippen LogP contribution in [0.5, 0.6) is 0 Å². The van der Waals surface area contributed by atoms with Crippen molar-refractivity contribution in [1.29, 1.82) is 0 Å². The summed E-state index contributed by atoms with van der Waals surface area (Å²) in [5, 5.41) is 8.95. The molecule has 0 spiro atoms. The molecule has 0 aliphatic heterocycles. The molecule has 6 heteroatoms. The number of guanidine groups is 1. The Labute approximate surface area is 154 Å². The van der Waals surface area contributed by atoms with Crippen LogP contribution in [0.25, 0.3) is 11.0 Å². The molecule has 26 heavy (non-hydrogen) atoms. The van der Waals surface area contributed by atoms with E-state index in [1.165, 1.54) is 5.56 Å². The number of aryl methyl sites for hydroxylation is 2. The molecule has 0 fully saturated rings. The summed E-state index contributed by atoms with van der Waals surface area (Å²) in [6, 6.07) is 10.2. The van der Waals surface area contributed by atoms with Crippen LogP contribution in [0.15, 0.2) is 39.7 Å². The van der Waals surface area contributed by atoms with E-state index in [1.54, 1.807) is 0 Å². The van der Waals surface area contributed by atoms with E-state index in [0.29, 0.717) is 13.1 Å². The third kappa shape index (κ3) is 3.74. The van der Waals surface area contributed by atoms with E-state index in [1.807, 2.05) is 43.9 Å². The highest BCUT2D eigenvalue weighted by Gasteiger charge is 2.12. The van der Waals surface area contributed by atoms with Gasteiger partial charge in [-0.1, -0.05) is 18.2 Å². The third-order valence-electron chi connectivity index (χ3n) is 4.61. The van der Waals surface area contributed by atoms with Crippen LogP contribution in [0.1, 0.15) is 29.6 Å². The molecule has 0 saturated carbocycles. The van der Waals surface area contributed by atoms with Gasteiger partial charge in [0.2, 0.25) is 0 Å². The maximum absolute atomic E-state index is 5.93. The fourth-order valence-corrected chi connectivity index (χ4v) is 3.09. The normalized spacial score (nSPS) is 12.0. The van der Waals surface area contributed by atoms with Gasteiger partial charge in [0.15, 0.2) is 5.96 Å². The first-order valence-electron chi connectivity index (χ1n) is 8.95. The highest BCUT2D eigenvalue weighted by atomic mass is 16.3. The molecule has 0 amide bonds. The predicted molar refractivity (Wildman–Crippen MR) is 105 cm³/mol. The lowest BCUT2D eigenvalue weighted by Crippen LogP contribution is -2.38. The monoisotopic (exact) mass is 353 g/mol. The molecule has 6 nitrogen and oxygen atoms in total. The van der Waals surface area contributed by atoms with Crippen LogP contribution in [0, 0.1) is 13.8 Å². The number of hydrogen-bond donors (Lipinski definition) is 1. The maximum Gasteiger partial charge on any atom is 0.194 e. The van der Waals surface area contributed by atoms with Gasteiger partial charge in [0, 0.05) is 37.3 Å². The van der Waals surface area contributed by atoms with Gasteiger partial charge in [-0.05, 0) is 32.9 Å². The number of fused-ring (bicyclic) bond motifs is 1. The van der Waals surface area contributed by atoms with Crippen LogP contribution >= 0.6 is 0 Å². The highest BCUT2D eigenvalue weighted by Crippen LogP contribution is 2.20. The highest BCUT2D eigenvalue weighted by molar-refractivity contribution is 5.80. The largest absolute Gasteiger partial charge is 0.459 e. The lowest BCUT2D eigenvalue weighted by Gasteiger charge is -2.21. The van der Waals surface area contributed by atoms with E-state index in [-0.39, 0.29) is 0 Å². The number of hydrogen-bond acceptors (Lipinski definition) is 3. The number of nitrogens with zero attached hydrogens (tertiary/aromatic N) is 4. The van der Waals surface area contributed by atoms with Crippen molar-refractivity contribution < 1.29 is 4.42 Å². The summed E-state index contributed by atoms with van der Waals surface area (Å²) in [4.78, 5) is 6.89. The van der Waals surface area contributed by atoms with Gasteiger partial charge in [0.1, 0.15) is 11.3 Å². The molecule has 2 aromatic heterocycles. The summed E-state index contributed by atoms with van der Waals surface area (Å²) >= 11 is 0. The van der Waals surface area contributed by atoms with Crippen LogP contribution in [0.3, 0.4) is 0 Å². The van der Waals surface area contributed by atoms with Crippen LogP contribution in [-0.2, 0) is 20.1 Å². The van der Waals surface area contributed by atoms with Gasteiger partial charge in [-0.2, -0.15) is 5.10 Å². The zero-order valence-corrected chi connectivity index (χ0v) is 16.2. The van der Waals surface area contributed by atoms with Crippen molar-refractivity contribution in [3.63, 3.8) is 0 Å². The second-order valence-corrected chi connectivity index (χ2v) is 6.55. The number of rotatable bonds is 5. The Morgan fingerprint density at radius 2 is 2.08 bits per heavy atom. The first-order valence-corrected chi connectivity index (χ1v) is 8.95. The van der Waals surface area contributed by atoms with E-state index in [0.717, 1.165) is 40.6 Å². The van der Waals surface area contributed by atoms with E-state index in [9.17, 15) is 0 Å². The summed E-state index contributed by atoms with van der Waals surface area (Å²) < 4.78 is 7.84. The van der Waals surface area contributed by atoms with Crippen LogP contribution in [-0.4, -0.2) is 34.2 Å². The lowest BCUT2D eigenvalue weighted by atomic mass is 10.2. The quantitative estimate of drug-likeness (QED) is 0.564.